The van der Waals surface area contributed by atoms with Crippen molar-refractivity contribution >= 4 is 17.5 Å². The number of carbonyl (C=O) groups is 2. The molecule has 1 fully saturated rings. The van der Waals surface area contributed by atoms with E-state index in [0.717, 1.165) is 25.7 Å². The van der Waals surface area contributed by atoms with Crippen LogP contribution in [-0.2, 0) is 9.59 Å². The van der Waals surface area contributed by atoms with Gasteiger partial charge in [0.1, 0.15) is 6.54 Å². The lowest BCUT2D eigenvalue weighted by atomic mass is 9.94. The molecule has 1 aliphatic rings. The minimum atomic E-state index is -0.250. The number of amides is 2. The van der Waals surface area contributed by atoms with Crippen molar-refractivity contribution in [3.8, 4) is 17.2 Å². The molecule has 0 saturated heterocycles. The molecule has 2 amide bonds. The lowest BCUT2D eigenvalue weighted by molar-refractivity contribution is -0.135. The van der Waals surface area contributed by atoms with Crippen molar-refractivity contribution in [1.82, 2.24) is 4.90 Å². The predicted molar refractivity (Wildman–Crippen MR) is 99.0 cm³/mol. The van der Waals surface area contributed by atoms with E-state index in [1.54, 1.807) is 17.0 Å². The Morgan fingerprint density at radius 1 is 1.04 bits per heavy atom. The zero-order chi connectivity index (χ0) is 19.1. The Balaban J connectivity index is 2.11. The molecule has 0 aromatic heterocycles. The number of benzene rings is 1. The maximum atomic E-state index is 12.5. The molecule has 0 atom stereocenters. The topological polar surface area (TPSA) is 77.1 Å². The molecule has 2 rings (SSSR count). The summed E-state index contributed by atoms with van der Waals surface area (Å²) in [6, 6.07) is 3.47. The van der Waals surface area contributed by atoms with Crippen molar-refractivity contribution in [1.29, 1.82) is 0 Å². The molecule has 0 spiro atoms. The first-order valence-electron chi connectivity index (χ1n) is 8.87. The van der Waals surface area contributed by atoms with Crippen molar-refractivity contribution < 1.29 is 23.8 Å². The zero-order valence-corrected chi connectivity index (χ0v) is 16.0. The predicted octanol–water partition coefficient (Wildman–Crippen LogP) is 2.83. The molecule has 0 bridgehead atoms. The Labute approximate surface area is 154 Å². The first-order valence-corrected chi connectivity index (χ1v) is 8.87. The highest BCUT2D eigenvalue weighted by Gasteiger charge is 2.25. The molecule has 144 valence electrons. The third-order valence-corrected chi connectivity index (χ3v) is 4.68. The molecule has 1 aromatic rings. The Hall–Kier alpha value is -2.44. The molecular formula is C19H28N2O5. The van der Waals surface area contributed by atoms with Crippen molar-refractivity contribution in [2.24, 2.45) is 0 Å². The van der Waals surface area contributed by atoms with Crippen LogP contribution in [0.25, 0.3) is 0 Å². The van der Waals surface area contributed by atoms with Crippen molar-refractivity contribution in [2.45, 2.75) is 45.1 Å². The molecule has 1 saturated carbocycles. The minimum absolute atomic E-state index is 0.0384. The summed E-state index contributed by atoms with van der Waals surface area (Å²) in [4.78, 5) is 26.2. The van der Waals surface area contributed by atoms with E-state index in [4.69, 9.17) is 14.2 Å². The molecule has 1 aromatic carbocycles. The van der Waals surface area contributed by atoms with Gasteiger partial charge in [0.2, 0.25) is 17.6 Å². The summed E-state index contributed by atoms with van der Waals surface area (Å²) in [6.45, 7) is 1.55. The average molecular weight is 364 g/mol. The van der Waals surface area contributed by atoms with Crippen molar-refractivity contribution in [3.05, 3.63) is 12.1 Å². The third kappa shape index (κ3) is 4.80. The fraction of sp³-hybridized carbons (Fsp3) is 0.579. The number of methoxy groups -OCH3 is 3. The largest absolute Gasteiger partial charge is 0.493 e. The van der Waals surface area contributed by atoms with Gasteiger partial charge in [0.05, 0.1) is 21.3 Å². The van der Waals surface area contributed by atoms with Gasteiger partial charge in [0.15, 0.2) is 11.5 Å². The number of rotatable bonds is 7. The van der Waals surface area contributed by atoms with E-state index in [1.807, 2.05) is 0 Å². The average Bonchev–Trinajstić information content (AvgIpc) is 2.65. The summed E-state index contributed by atoms with van der Waals surface area (Å²) >= 11 is 0. The summed E-state index contributed by atoms with van der Waals surface area (Å²) in [5.41, 5.74) is 0.525. The molecule has 0 heterocycles. The summed E-state index contributed by atoms with van der Waals surface area (Å²) in [7, 11) is 4.56. The molecule has 0 radical (unpaired) electrons. The highest BCUT2D eigenvalue weighted by Crippen LogP contribution is 2.39. The second-order valence-corrected chi connectivity index (χ2v) is 6.40. The molecule has 1 N–H and O–H groups in total. The van der Waals surface area contributed by atoms with E-state index < -0.39 is 0 Å². The van der Waals surface area contributed by atoms with Gasteiger partial charge < -0.3 is 24.4 Å². The molecular weight excluding hydrogens is 336 g/mol. The van der Waals surface area contributed by atoms with Crippen LogP contribution in [0, 0.1) is 0 Å². The highest BCUT2D eigenvalue weighted by molar-refractivity contribution is 5.95. The van der Waals surface area contributed by atoms with Crippen molar-refractivity contribution in [2.75, 3.05) is 33.2 Å². The van der Waals surface area contributed by atoms with Crippen LogP contribution < -0.4 is 19.5 Å². The summed E-state index contributed by atoms with van der Waals surface area (Å²) < 4.78 is 15.9. The smallest absolute Gasteiger partial charge is 0.244 e. The number of anilines is 1. The molecule has 0 unspecified atom stereocenters. The summed E-state index contributed by atoms with van der Waals surface area (Å²) in [5, 5.41) is 2.82. The second kappa shape index (κ2) is 9.31. The van der Waals surface area contributed by atoms with Gasteiger partial charge in [-0.15, -0.1) is 0 Å². The van der Waals surface area contributed by atoms with Gasteiger partial charge in [0.25, 0.3) is 0 Å². The van der Waals surface area contributed by atoms with Gasteiger partial charge in [-0.05, 0) is 12.8 Å². The van der Waals surface area contributed by atoms with E-state index in [2.05, 4.69) is 5.32 Å². The lowest BCUT2D eigenvalue weighted by Crippen LogP contribution is -2.44. The fourth-order valence-electron chi connectivity index (χ4n) is 3.40. The number of hydrogen-bond donors (Lipinski definition) is 1. The van der Waals surface area contributed by atoms with Crippen LogP contribution in [0.2, 0.25) is 0 Å². The fourth-order valence-corrected chi connectivity index (χ4v) is 3.40. The van der Waals surface area contributed by atoms with Gasteiger partial charge in [-0.25, -0.2) is 0 Å². The number of nitrogens with zero attached hydrogens (tertiary/aromatic N) is 1. The monoisotopic (exact) mass is 364 g/mol. The van der Waals surface area contributed by atoms with E-state index in [-0.39, 0.29) is 24.4 Å². The first kappa shape index (κ1) is 19.9. The van der Waals surface area contributed by atoms with Crippen LogP contribution in [0.15, 0.2) is 12.1 Å². The zero-order valence-electron chi connectivity index (χ0n) is 16.0. The van der Waals surface area contributed by atoms with Crippen LogP contribution in [0.3, 0.4) is 0 Å². The quantitative estimate of drug-likeness (QED) is 0.805. The van der Waals surface area contributed by atoms with Crippen LogP contribution in [0.4, 0.5) is 5.69 Å². The van der Waals surface area contributed by atoms with Crippen LogP contribution in [0.5, 0.6) is 17.2 Å². The van der Waals surface area contributed by atoms with E-state index in [1.165, 1.54) is 34.7 Å². The van der Waals surface area contributed by atoms with Gasteiger partial charge in [-0.2, -0.15) is 0 Å². The molecule has 7 heteroatoms. The normalized spacial score (nSPS) is 14.5. The summed E-state index contributed by atoms with van der Waals surface area (Å²) in [6.07, 6.45) is 5.31. The van der Waals surface area contributed by atoms with E-state index >= 15 is 0 Å². The minimum Gasteiger partial charge on any atom is -0.493 e. The molecule has 26 heavy (non-hydrogen) atoms. The van der Waals surface area contributed by atoms with Crippen molar-refractivity contribution in [3.63, 3.8) is 0 Å². The number of nitrogens with one attached hydrogen (secondary N) is 1. The maximum absolute atomic E-state index is 12.5. The highest BCUT2D eigenvalue weighted by atomic mass is 16.5. The van der Waals surface area contributed by atoms with Gasteiger partial charge in [-0.1, -0.05) is 19.3 Å². The van der Waals surface area contributed by atoms with Crippen LogP contribution >= 0.6 is 0 Å². The van der Waals surface area contributed by atoms with Crippen LogP contribution in [-0.4, -0.2) is 50.6 Å². The second-order valence-electron chi connectivity index (χ2n) is 6.40. The van der Waals surface area contributed by atoms with Gasteiger partial charge in [-0.3, -0.25) is 9.59 Å². The first-order chi connectivity index (χ1) is 12.5. The lowest BCUT2D eigenvalue weighted by Gasteiger charge is -2.33. The van der Waals surface area contributed by atoms with E-state index in [0.29, 0.717) is 22.9 Å². The van der Waals surface area contributed by atoms with Gasteiger partial charge in [0, 0.05) is 30.8 Å². The SMILES string of the molecule is COc1cc(NC(=O)CN(C(C)=O)C2CCCCC2)cc(OC)c1OC. The third-order valence-electron chi connectivity index (χ3n) is 4.68. The van der Waals surface area contributed by atoms with Crippen LogP contribution in [0.1, 0.15) is 39.0 Å². The Morgan fingerprint density at radius 3 is 2.08 bits per heavy atom. The maximum Gasteiger partial charge on any atom is 0.244 e. The van der Waals surface area contributed by atoms with Gasteiger partial charge >= 0.3 is 0 Å². The molecule has 7 nitrogen and oxygen atoms in total. The Kier molecular flexibility index (Phi) is 7.12. The summed E-state index contributed by atoms with van der Waals surface area (Å²) in [5.74, 6) is 1.05. The number of carbonyl (C=O) groups excluding carboxylic acids is 2. The Morgan fingerprint density at radius 2 is 1.62 bits per heavy atom. The molecule has 1 aliphatic carbocycles. The Bertz CT molecular complexity index is 616. The number of hydrogen-bond acceptors (Lipinski definition) is 5. The standard InChI is InChI=1S/C19H28N2O5/c1-13(22)21(15-8-6-5-7-9-15)12-18(23)20-14-10-16(24-2)19(26-4)17(11-14)25-3/h10-11,15H,5-9,12H2,1-4H3,(H,20,23). The van der Waals surface area contributed by atoms with E-state index in [9.17, 15) is 9.59 Å². The number of ether oxygens (including phenoxy) is 3. The molecule has 0 aliphatic heterocycles.